The third kappa shape index (κ3) is 6.29. The summed E-state index contributed by atoms with van der Waals surface area (Å²) in [6.45, 7) is 7.10. The van der Waals surface area contributed by atoms with Crippen molar-refractivity contribution in [1.82, 2.24) is 15.5 Å². The lowest BCUT2D eigenvalue weighted by atomic mass is 9.89. The van der Waals surface area contributed by atoms with Gasteiger partial charge in [-0.25, -0.2) is 4.79 Å². The zero-order valence-corrected chi connectivity index (χ0v) is 17.6. The van der Waals surface area contributed by atoms with E-state index in [-0.39, 0.29) is 30.1 Å². The average molecular weight is 452 g/mol. The molecule has 0 aromatic rings. The number of halogens is 1. The predicted octanol–water partition coefficient (Wildman–Crippen LogP) is 2.97. The van der Waals surface area contributed by atoms with Gasteiger partial charge in [0, 0.05) is 32.7 Å². The van der Waals surface area contributed by atoms with Gasteiger partial charge in [-0.2, -0.15) is 0 Å². The first kappa shape index (κ1) is 21.3. The maximum atomic E-state index is 11.7. The van der Waals surface area contributed by atoms with E-state index in [0.717, 1.165) is 38.4 Å². The number of ether oxygens (including phenoxy) is 1. The minimum Gasteiger partial charge on any atom is -0.450 e. The maximum absolute atomic E-state index is 11.7. The van der Waals surface area contributed by atoms with Crippen molar-refractivity contribution in [3.05, 3.63) is 0 Å². The lowest BCUT2D eigenvalue weighted by Gasteiger charge is -2.33. The molecule has 2 fully saturated rings. The fourth-order valence-electron chi connectivity index (χ4n) is 3.51. The lowest BCUT2D eigenvalue weighted by Crippen LogP contribution is -2.51. The van der Waals surface area contributed by atoms with Crippen molar-refractivity contribution in [1.29, 1.82) is 0 Å². The summed E-state index contributed by atoms with van der Waals surface area (Å²) in [7, 11) is 1.82. The van der Waals surface area contributed by atoms with Gasteiger partial charge in [-0.05, 0) is 38.0 Å². The Morgan fingerprint density at radius 2 is 1.92 bits per heavy atom. The van der Waals surface area contributed by atoms with Gasteiger partial charge in [0.25, 0.3) is 0 Å². The molecule has 2 N–H and O–H groups in total. The van der Waals surface area contributed by atoms with E-state index in [9.17, 15) is 4.79 Å². The van der Waals surface area contributed by atoms with Crippen LogP contribution in [-0.2, 0) is 4.74 Å². The molecule has 2 aliphatic rings. The summed E-state index contributed by atoms with van der Waals surface area (Å²) in [5.41, 5.74) is 0.408. The standard InChI is InChI=1S/C17H32N4O2.HI/c1-4-23-16(22)21-11-7-14(8-12-21)20-15(18-3)19-13-17(2)9-5-6-10-17;/h14H,4-13H2,1-3H3,(H2,18,19,20);1H. The monoisotopic (exact) mass is 452 g/mol. The van der Waals surface area contributed by atoms with Gasteiger partial charge in [0.05, 0.1) is 6.61 Å². The molecule has 0 aromatic carbocycles. The molecule has 140 valence electrons. The van der Waals surface area contributed by atoms with Gasteiger partial charge < -0.3 is 20.3 Å². The molecule has 0 bridgehead atoms. The van der Waals surface area contributed by atoms with Crippen LogP contribution >= 0.6 is 24.0 Å². The molecule has 0 radical (unpaired) electrons. The Balaban J connectivity index is 0.00000288. The number of amides is 1. The van der Waals surface area contributed by atoms with Gasteiger partial charge in [-0.3, -0.25) is 4.99 Å². The second kappa shape index (κ2) is 10.3. The molecule has 2 rings (SSSR count). The summed E-state index contributed by atoms with van der Waals surface area (Å²) in [6.07, 6.45) is 6.95. The van der Waals surface area contributed by atoms with Crippen LogP contribution in [0.15, 0.2) is 4.99 Å². The Hall–Kier alpha value is -0.730. The lowest BCUT2D eigenvalue weighted by molar-refractivity contribution is 0.0963. The molecular formula is C17H33IN4O2. The van der Waals surface area contributed by atoms with Gasteiger partial charge in [-0.1, -0.05) is 19.8 Å². The van der Waals surface area contributed by atoms with Gasteiger partial charge in [0.2, 0.25) is 0 Å². The molecule has 6 nitrogen and oxygen atoms in total. The number of rotatable bonds is 4. The Labute approximate surface area is 163 Å². The molecule has 1 aliphatic heterocycles. The number of nitrogens with one attached hydrogen (secondary N) is 2. The molecule has 0 aromatic heterocycles. The van der Waals surface area contributed by atoms with E-state index >= 15 is 0 Å². The normalized spacial score (nSPS) is 21.1. The highest BCUT2D eigenvalue weighted by Crippen LogP contribution is 2.36. The largest absolute Gasteiger partial charge is 0.450 e. The maximum Gasteiger partial charge on any atom is 0.409 e. The Morgan fingerprint density at radius 3 is 2.46 bits per heavy atom. The van der Waals surface area contributed by atoms with Crippen molar-refractivity contribution in [2.24, 2.45) is 10.4 Å². The Kier molecular flexibility index (Phi) is 9.15. The third-order valence-corrected chi connectivity index (χ3v) is 5.08. The highest BCUT2D eigenvalue weighted by Gasteiger charge is 2.29. The number of likely N-dealkylation sites (tertiary alicyclic amines) is 1. The van der Waals surface area contributed by atoms with Crippen LogP contribution in [0.1, 0.15) is 52.4 Å². The molecule has 1 saturated carbocycles. The van der Waals surface area contributed by atoms with Crippen LogP contribution in [0.4, 0.5) is 4.79 Å². The van der Waals surface area contributed by atoms with Crippen molar-refractivity contribution >= 4 is 36.0 Å². The number of carbonyl (C=O) groups is 1. The van der Waals surface area contributed by atoms with E-state index in [2.05, 4.69) is 22.5 Å². The van der Waals surface area contributed by atoms with Gasteiger partial charge >= 0.3 is 6.09 Å². The molecule has 24 heavy (non-hydrogen) atoms. The summed E-state index contributed by atoms with van der Waals surface area (Å²) < 4.78 is 5.06. The summed E-state index contributed by atoms with van der Waals surface area (Å²) in [5.74, 6) is 0.882. The second-order valence-electron chi connectivity index (χ2n) is 7.05. The van der Waals surface area contributed by atoms with E-state index in [1.54, 1.807) is 4.90 Å². The van der Waals surface area contributed by atoms with E-state index in [1.807, 2.05) is 14.0 Å². The first-order valence-electron chi connectivity index (χ1n) is 8.95. The first-order chi connectivity index (χ1) is 11.1. The van der Waals surface area contributed by atoms with Crippen LogP contribution in [0.3, 0.4) is 0 Å². The number of piperidine rings is 1. The fourth-order valence-corrected chi connectivity index (χ4v) is 3.51. The number of hydrogen-bond donors (Lipinski definition) is 2. The molecule has 1 heterocycles. The second-order valence-corrected chi connectivity index (χ2v) is 7.05. The van der Waals surface area contributed by atoms with E-state index in [4.69, 9.17) is 4.74 Å². The van der Waals surface area contributed by atoms with Crippen LogP contribution in [-0.4, -0.2) is 56.3 Å². The van der Waals surface area contributed by atoms with Crippen molar-refractivity contribution in [2.45, 2.75) is 58.4 Å². The highest BCUT2D eigenvalue weighted by molar-refractivity contribution is 14.0. The number of hydrogen-bond acceptors (Lipinski definition) is 3. The number of nitrogens with zero attached hydrogens (tertiary/aromatic N) is 2. The number of guanidine groups is 1. The van der Waals surface area contributed by atoms with E-state index < -0.39 is 0 Å². The third-order valence-electron chi connectivity index (χ3n) is 5.08. The van der Waals surface area contributed by atoms with Crippen LogP contribution in [0.2, 0.25) is 0 Å². The molecular weight excluding hydrogens is 419 g/mol. The van der Waals surface area contributed by atoms with Gasteiger partial charge in [0.15, 0.2) is 5.96 Å². The van der Waals surface area contributed by atoms with Crippen molar-refractivity contribution < 1.29 is 9.53 Å². The Bertz CT molecular complexity index is 417. The molecule has 1 saturated heterocycles. The van der Waals surface area contributed by atoms with Gasteiger partial charge in [-0.15, -0.1) is 24.0 Å². The van der Waals surface area contributed by atoms with Crippen molar-refractivity contribution in [2.75, 3.05) is 33.3 Å². The van der Waals surface area contributed by atoms with Crippen LogP contribution in [0.5, 0.6) is 0 Å². The smallest absolute Gasteiger partial charge is 0.409 e. The summed E-state index contributed by atoms with van der Waals surface area (Å²) in [4.78, 5) is 17.9. The minimum absolute atomic E-state index is 0. The van der Waals surface area contributed by atoms with Crippen LogP contribution in [0, 0.1) is 5.41 Å². The van der Waals surface area contributed by atoms with Crippen LogP contribution < -0.4 is 10.6 Å². The molecule has 0 atom stereocenters. The van der Waals surface area contributed by atoms with Crippen LogP contribution in [0.25, 0.3) is 0 Å². The predicted molar refractivity (Wildman–Crippen MR) is 108 cm³/mol. The van der Waals surface area contributed by atoms with Crippen molar-refractivity contribution in [3.8, 4) is 0 Å². The summed E-state index contributed by atoms with van der Waals surface area (Å²) in [6, 6.07) is 0.364. The summed E-state index contributed by atoms with van der Waals surface area (Å²) >= 11 is 0. The van der Waals surface area contributed by atoms with Gasteiger partial charge in [0.1, 0.15) is 0 Å². The molecule has 7 heteroatoms. The quantitative estimate of drug-likeness (QED) is 0.391. The van der Waals surface area contributed by atoms with Crippen molar-refractivity contribution in [3.63, 3.8) is 0 Å². The molecule has 0 unspecified atom stereocenters. The zero-order chi connectivity index (χ0) is 16.7. The van der Waals surface area contributed by atoms with E-state index in [0.29, 0.717) is 18.1 Å². The number of carbonyl (C=O) groups excluding carboxylic acids is 1. The summed E-state index contributed by atoms with van der Waals surface area (Å²) in [5, 5.41) is 6.99. The minimum atomic E-state index is -0.192. The fraction of sp³-hybridized carbons (Fsp3) is 0.882. The topological polar surface area (TPSA) is 66.0 Å². The highest BCUT2D eigenvalue weighted by atomic mass is 127. The molecule has 1 aliphatic carbocycles. The molecule has 0 spiro atoms. The number of aliphatic imine (C=N–C) groups is 1. The van der Waals surface area contributed by atoms with E-state index in [1.165, 1.54) is 25.7 Å². The Morgan fingerprint density at radius 1 is 1.29 bits per heavy atom. The average Bonchev–Trinajstić information content (AvgIpc) is 2.99. The first-order valence-corrected chi connectivity index (χ1v) is 8.95. The SMILES string of the molecule is CCOC(=O)N1CCC(NC(=NC)NCC2(C)CCCC2)CC1.I. The molecule has 1 amide bonds. The zero-order valence-electron chi connectivity index (χ0n) is 15.3.